The first-order chi connectivity index (χ1) is 9.54. The number of methoxy groups -OCH3 is 1. The minimum Gasteiger partial charge on any atom is -0.544 e. The van der Waals surface area contributed by atoms with Crippen molar-refractivity contribution in [2.45, 2.75) is 19.3 Å². The van der Waals surface area contributed by atoms with Crippen molar-refractivity contribution in [2.24, 2.45) is 0 Å². The topological polar surface area (TPSA) is 70.3 Å². The number of carbonyl (C=O) groups is 2. The summed E-state index contributed by atoms with van der Waals surface area (Å²) < 4.78 is 40.2. The highest BCUT2D eigenvalue weighted by Crippen LogP contribution is 1.98. The lowest BCUT2D eigenvalue weighted by atomic mass is 10.2. The van der Waals surface area contributed by atoms with Gasteiger partial charge in [-0.05, 0) is 0 Å². The third-order valence-electron chi connectivity index (χ3n) is 1.86. The molecule has 0 atom stereocenters. The van der Waals surface area contributed by atoms with E-state index in [4.69, 9.17) is 6.85 Å². The molecule has 0 radical (unpaired) electrons. The Morgan fingerprint density at radius 3 is 3.12 bits per heavy atom. The monoisotopic (exact) mass is 228 g/mol. The minimum absolute atomic E-state index is 0.0808. The highest BCUT2D eigenvalue weighted by atomic mass is 16.5. The van der Waals surface area contributed by atoms with Crippen molar-refractivity contribution >= 4 is 11.9 Å². The van der Waals surface area contributed by atoms with Gasteiger partial charge in [-0.15, -0.1) is 0 Å². The molecule has 1 aromatic rings. The van der Waals surface area contributed by atoms with Gasteiger partial charge < -0.3 is 14.6 Å². The summed E-state index contributed by atoms with van der Waals surface area (Å²) in [5, 5.41) is 10.8. The van der Waals surface area contributed by atoms with E-state index in [9.17, 15) is 14.7 Å². The predicted molar refractivity (Wildman–Crippen MR) is 52.0 cm³/mol. The molecule has 16 heavy (non-hydrogen) atoms. The van der Waals surface area contributed by atoms with E-state index in [0.717, 1.165) is 4.57 Å². The molecule has 0 N–H and O–H groups in total. The maximum atomic E-state index is 11.3. The molecule has 1 aromatic heterocycles. The third kappa shape index (κ3) is 3.68. The molecular weight excluding hydrogens is 210 g/mol. The summed E-state index contributed by atoms with van der Waals surface area (Å²) in [5.41, 5.74) is 0.189. The highest BCUT2D eigenvalue weighted by molar-refractivity contribution is 5.69. The number of hydrogen-bond donors (Lipinski definition) is 0. The molecule has 1 rings (SSSR count). The van der Waals surface area contributed by atoms with Gasteiger partial charge in [-0.25, -0.2) is 0 Å². The fourth-order valence-electron chi connectivity index (χ4n) is 1.17. The van der Waals surface area contributed by atoms with E-state index in [-0.39, 0.29) is 18.5 Å². The molecule has 0 bridgehead atoms. The Morgan fingerprint density at radius 1 is 1.62 bits per heavy atom. The third-order valence-corrected chi connectivity index (χ3v) is 1.86. The van der Waals surface area contributed by atoms with Gasteiger partial charge in [-0.1, -0.05) is 6.07 Å². The second kappa shape index (κ2) is 5.85. The summed E-state index contributed by atoms with van der Waals surface area (Å²) >= 11 is 0. The zero-order chi connectivity index (χ0) is 16.3. The normalized spacial score (nSPS) is 16.1. The van der Waals surface area contributed by atoms with Gasteiger partial charge in [0.1, 0.15) is 8.71 Å². The van der Waals surface area contributed by atoms with E-state index in [1.807, 2.05) is 0 Å². The van der Waals surface area contributed by atoms with Crippen LogP contribution in [0.25, 0.3) is 0 Å². The largest absolute Gasteiger partial charge is 0.544 e. The Kier molecular flexibility index (Phi) is 2.42. The van der Waals surface area contributed by atoms with Gasteiger partial charge in [-0.2, -0.15) is 4.57 Å². The Bertz CT molecular complexity index is 544. The molecule has 0 aliphatic heterocycles. The van der Waals surface area contributed by atoms with Crippen LogP contribution in [0, 0.1) is 0 Å². The van der Waals surface area contributed by atoms with Crippen LogP contribution in [0.1, 0.15) is 19.0 Å². The van der Waals surface area contributed by atoms with Crippen LogP contribution in [0.5, 0.6) is 0 Å². The quantitative estimate of drug-likeness (QED) is 0.470. The number of nitrogens with zero attached hydrogens (tertiary/aromatic N) is 1. The van der Waals surface area contributed by atoms with Gasteiger partial charge in [-0.3, -0.25) is 4.79 Å². The molecule has 0 aliphatic rings. The number of carbonyl (C=O) groups excluding carboxylic acids is 2. The van der Waals surface area contributed by atoms with Crippen molar-refractivity contribution < 1.29 is 30.9 Å². The van der Waals surface area contributed by atoms with Crippen molar-refractivity contribution in [1.29, 1.82) is 0 Å². The van der Waals surface area contributed by atoms with E-state index in [2.05, 4.69) is 4.74 Å². The van der Waals surface area contributed by atoms with E-state index in [0.29, 0.717) is 0 Å². The maximum Gasteiger partial charge on any atom is 0.306 e. The summed E-state index contributed by atoms with van der Waals surface area (Å²) in [7, 11) is -2.84. The standard InChI is InChI=1S/C11H13NO4/c1-16-11(15)6-5-9-4-2-3-7-12(9)8-10(13)14/h2-4,7H,5-6,8H2,1H3/i1D3,8D2. The molecule has 0 saturated heterocycles. The van der Waals surface area contributed by atoms with Crippen molar-refractivity contribution in [3.63, 3.8) is 0 Å². The van der Waals surface area contributed by atoms with Crippen LogP contribution in [0.4, 0.5) is 0 Å². The van der Waals surface area contributed by atoms with Gasteiger partial charge in [0.25, 0.3) is 0 Å². The van der Waals surface area contributed by atoms with Crippen LogP contribution >= 0.6 is 0 Å². The number of aromatic nitrogens is 1. The van der Waals surface area contributed by atoms with Crippen LogP contribution < -0.4 is 9.67 Å². The van der Waals surface area contributed by atoms with Gasteiger partial charge in [0.15, 0.2) is 18.4 Å². The summed E-state index contributed by atoms with van der Waals surface area (Å²) in [6, 6.07) is 4.38. The number of rotatable bonds is 5. The molecule has 0 aliphatic carbocycles. The minimum atomic E-state index is -2.84. The van der Waals surface area contributed by atoms with Gasteiger partial charge in [0, 0.05) is 18.6 Å². The van der Waals surface area contributed by atoms with Crippen molar-refractivity contribution in [1.82, 2.24) is 0 Å². The fraction of sp³-hybridized carbons (Fsp3) is 0.364. The van der Waals surface area contributed by atoms with Crippen LogP contribution in [-0.2, 0) is 27.2 Å². The van der Waals surface area contributed by atoms with Crippen LogP contribution in [0.15, 0.2) is 24.4 Å². The van der Waals surface area contributed by atoms with E-state index in [1.165, 1.54) is 24.4 Å². The lowest BCUT2D eigenvalue weighted by Crippen LogP contribution is -2.46. The van der Waals surface area contributed by atoms with Crippen LogP contribution in [0.2, 0.25) is 0 Å². The highest BCUT2D eigenvalue weighted by Gasteiger charge is 2.11. The number of ether oxygens (including phenoxy) is 1. The summed E-state index contributed by atoms with van der Waals surface area (Å²) in [5.74, 6) is -2.91. The van der Waals surface area contributed by atoms with Gasteiger partial charge in [0.05, 0.1) is 17.6 Å². The average Bonchev–Trinajstić information content (AvgIpc) is 2.34. The molecule has 5 nitrogen and oxygen atoms in total. The average molecular weight is 228 g/mol. The Balaban J connectivity index is 2.86. The van der Waals surface area contributed by atoms with E-state index in [1.54, 1.807) is 0 Å². The molecular formula is C11H13NO4. The molecule has 0 amide bonds. The zero-order valence-electron chi connectivity index (χ0n) is 13.3. The van der Waals surface area contributed by atoms with Crippen LogP contribution in [0.3, 0.4) is 0 Å². The summed E-state index contributed by atoms with van der Waals surface area (Å²) in [4.78, 5) is 22.1. The van der Waals surface area contributed by atoms with Gasteiger partial charge >= 0.3 is 5.97 Å². The number of carboxylic acids is 1. The number of esters is 1. The number of aryl methyl sites for hydroxylation is 1. The molecule has 1 heterocycles. The lowest BCUT2D eigenvalue weighted by Gasteiger charge is -2.03. The molecule has 0 spiro atoms. The van der Waals surface area contributed by atoms with E-state index >= 15 is 0 Å². The summed E-state index contributed by atoms with van der Waals surface area (Å²) in [6.07, 6.45) is 0.786. The van der Waals surface area contributed by atoms with Crippen molar-refractivity contribution in [3.05, 3.63) is 30.1 Å². The number of aliphatic carboxylic acids is 1. The molecule has 5 heteroatoms. The van der Waals surface area contributed by atoms with E-state index < -0.39 is 25.5 Å². The molecule has 0 aromatic carbocycles. The Hall–Kier alpha value is -1.91. The second-order valence-electron chi connectivity index (χ2n) is 2.94. The molecule has 86 valence electrons. The second-order valence-corrected chi connectivity index (χ2v) is 2.94. The first-order valence-corrected chi connectivity index (χ1v) is 4.47. The van der Waals surface area contributed by atoms with Crippen LogP contribution in [-0.4, -0.2) is 19.0 Å². The smallest absolute Gasteiger partial charge is 0.306 e. The first kappa shape index (κ1) is 6.62. The zero-order valence-corrected chi connectivity index (χ0v) is 8.30. The van der Waals surface area contributed by atoms with Crippen molar-refractivity contribution in [3.8, 4) is 0 Å². The Morgan fingerprint density at radius 2 is 2.44 bits per heavy atom. The number of carboxylic acid groups (broad SMARTS) is 1. The SMILES string of the molecule is [2H]C([2H])([2H])OC(=O)CCc1cccc[n+]1C([2H])([2H])C(=O)[O-]. The molecule has 0 unspecified atom stereocenters. The number of hydrogen-bond acceptors (Lipinski definition) is 4. The fourth-order valence-corrected chi connectivity index (χ4v) is 1.17. The Labute approximate surface area is 100 Å². The van der Waals surface area contributed by atoms with Crippen molar-refractivity contribution in [2.75, 3.05) is 7.04 Å². The molecule has 0 saturated carbocycles. The predicted octanol–water partition coefficient (Wildman–Crippen LogP) is -1.17. The molecule has 0 fully saturated rings. The summed E-state index contributed by atoms with van der Waals surface area (Å²) in [6.45, 7) is -2.79. The first-order valence-electron chi connectivity index (χ1n) is 6.97. The number of pyridine rings is 1. The lowest BCUT2D eigenvalue weighted by molar-refractivity contribution is -0.698. The van der Waals surface area contributed by atoms with Gasteiger partial charge in [0.2, 0.25) is 0 Å². The maximum absolute atomic E-state index is 11.3.